The molecule has 0 aliphatic heterocycles. The number of pyridine rings is 1. The fourth-order valence-electron chi connectivity index (χ4n) is 0.871. The molecule has 0 unspecified atom stereocenters. The van der Waals surface area contributed by atoms with E-state index in [9.17, 15) is 4.79 Å². The van der Waals surface area contributed by atoms with Gasteiger partial charge in [-0.15, -0.1) is 0 Å². The Hall–Kier alpha value is -1.13. The molecule has 11 heavy (non-hydrogen) atoms. The van der Waals surface area contributed by atoms with Crippen molar-refractivity contribution in [2.24, 2.45) is 11.5 Å². The van der Waals surface area contributed by atoms with E-state index in [1.54, 1.807) is 18.3 Å². The summed E-state index contributed by atoms with van der Waals surface area (Å²) in [5.41, 5.74) is 11.1. The van der Waals surface area contributed by atoms with E-state index < -0.39 is 6.17 Å². The maximum atomic E-state index is 11.0. The molecule has 0 atom stereocenters. The van der Waals surface area contributed by atoms with Crippen LogP contribution in [0.1, 0.15) is 5.56 Å². The fourth-order valence-corrected chi connectivity index (χ4v) is 0.871. The third-order valence-electron chi connectivity index (χ3n) is 1.36. The molecule has 0 fully saturated rings. The van der Waals surface area contributed by atoms with Gasteiger partial charge >= 0.3 is 0 Å². The predicted molar refractivity (Wildman–Crippen MR) is 42.9 cm³/mol. The van der Waals surface area contributed by atoms with E-state index in [0.717, 1.165) is 0 Å². The highest BCUT2D eigenvalue weighted by Gasteiger charge is 2.00. The average molecular weight is 153 g/mol. The zero-order chi connectivity index (χ0) is 8.27. The number of hydrogen-bond acceptors (Lipinski definition) is 3. The first-order valence-electron chi connectivity index (χ1n) is 3.38. The Bertz CT molecular complexity index is 279. The van der Waals surface area contributed by atoms with Gasteiger partial charge in [0, 0.05) is 18.2 Å². The second-order valence-corrected chi connectivity index (χ2v) is 2.39. The van der Waals surface area contributed by atoms with E-state index in [-0.39, 0.29) is 5.56 Å². The maximum Gasteiger partial charge on any atom is 0.251 e. The first-order valence-corrected chi connectivity index (χ1v) is 3.38. The van der Waals surface area contributed by atoms with Crippen LogP contribution in [-0.4, -0.2) is 11.1 Å². The molecular weight excluding hydrogens is 142 g/mol. The van der Waals surface area contributed by atoms with Gasteiger partial charge in [-0.1, -0.05) is 6.07 Å². The monoisotopic (exact) mass is 153 g/mol. The number of hydrogen-bond donors (Lipinski definition) is 3. The summed E-state index contributed by atoms with van der Waals surface area (Å²) in [5.74, 6) is 0. The number of aromatic amines is 1. The van der Waals surface area contributed by atoms with Crippen molar-refractivity contribution >= 4 is 0 Å². The molecule has 0 bridgehead atoms. The fraction of sp³-hybridized carbons (Fsp3) is 0.286. The summed E-state index contributed by atoms with van der Waals surface area (Å²) in [6, 6.07) is 3.46. The minimum absolute atomic E-state index is 0.117. The smallest absolute Gasteiger partial charge is 0.251 e. The number of aromatic nitrogens is 1. The summed E-state index contributed by atoms with van der Waals surface area (Å²) in [4.78, 5) is 13.5. The lowest BCUT2D eigenvalue weighted by Crippen LogP contribution is -2.34. The molecule has 0 aromatic carbocycles. The van der Waals surface area contributed by atoms with Gasteiger partial charge < -0.3 is 16.5 Å². The van der Waals surface area contributed by atoms with E-state index >= 15 is 0 Å². The molecule has 1 aromatic rings. The lowest BCUT2D eigenvalue weighted by Gasteiger charge is -2.02. The van der Waals surface area contributed by atoms with Crippen LogP contribution < -0.4 is 17.0 Å². The van der Waals surface area contributed by atoms with Crippen molar-refractivity contribution in [2.75, 3.05) is 0 Å². The first kappa shape index (κ1) is 7.97. The summed E-state index contributed by atoms with van der Waals surface area (Å²) in [6.45, 7) is 0. The zero-order valence-electron chi connectivity index (χ0n) is 6.08. The van der Waals surface area contributed by atoms with Crippen molar-refractivity contribution < 1.29 is 0 Å². The Morgan fingerprint density at radius 2 is 2.27 bits per heavy atom. The van der Waals surface area contributed by atoms with Gasteiger partial charge in [0.25, 0.3) is 5.56 Å². The van der Waals surface area contributed by atoms with Crippen molar-refractivity contribution in [3.63, 3.8) is 0 Å². The Morgan fingerprint density at radius 1 is 1.55 bits per heavy atom. The van der Waals surface area contributed by atoms with Crippen molar-refractivity contribution in [3.05, 3.63) is 34.2 Å². The van der Waals surface area contributed by atoms with Gasteiger partial charge in [0.05, 0.1) is 6.17 Å². The molecule has 0 saturated carbocycles. The van der Waals surface area contributed by atoms with E-state index in [1.165, 1.54) is 0 Å². The normalized spacial score (nSPS) is 10.5. The third kappa shape index (κ3) is 2.18. The molecule has 4 nitrogen and oxygen atoms in total. The molecule has 4 heteroatoms. The Balaban J connectivity index is 2.87. The van der Waals surface area contributed by atoms with Crippen LogP contribution in [0.2, 0.25) is 0 Å². The maximum absolute atomic E-state index is 11.0. The number of H-pyrrole nitrogens is 1. The zero-order valence-corrected chi connectivity index (χ0v) is 6.08. The summed E-state index contributed by atoms with van der Waals surface area (Å²) in [6.07, 6.45) is 1.53. The molecule has 0 radical (unpaired) electrons. The molecular formula is C7H11N3O. The van der Waals surface area contributed by atoms with Gasteiger partial charge in [0.1, 0.15) is 0 Å². The van der Waals surface area contributed by atoms with Gasteiger partial charge in [-0.3, -0.25) is 4.79 Å². The molecule has 1 heterocycles. The van der Waals surface area contributed by atoms with Crippen LogP contribution >= 0.6 is 0 Å². The average Bonchev–Trinajstić information content (AvgIpc) is 1.93. The highest BCUT2D eigenvalue weighted by Crippen LogP contribution is 1.90. The van der Waals surface area contributed by atoms with Crippen LogP contribution in [0.3, 0.4) is 0 Å². The number of rotatable bonds is 2. The number of nitrogens with two attached hydrogens (primary N) is 2. The highest BCUT2D eigenvalue weighted by atomic mass is 16.1. The lowest BCUT2D eigenvalue weighted by molar-refractivity contribution is 0.697. The number of nitrogens with one attached hydrogen (secondary N) is 1. The molecule has 0 aliphatic carbocycles. The topological polar surface area (TPSA) is 84.9 Å². The van der Waals surface area contributed by atoms with Crippen molar-refractivity contribution in [1.29, 1.82) is 0 Å². The van der Waals surface area contributed by atoms with Crippen LogP contribution in [-0.2, 0) is 6.42 Å². The molecule has 0 amide bonds. The predicted octanol–water partition coefficient (Wildman–Crippen LogP) is -0.839. The summed E-state index contributed by atoms with van der Waals surface area (Å²) >= 11 is 0. The first-order chi connectivity index (χ1) is 5.20. The quantitative estimate of drug-likeness (QED) is 0.484. The van der Waals surface area contributed by atoms with Gasteiger partial charge in [-0.25, -0.2) is 0 Å². The van der Waals surface area contributed by atoms with E-state index in [1.807, 2.05) is 0 Å². The second-order valence-electron chi connectivity index (χ2n) is 2.39. The minimum atomic E-state index is -0.460. The molecule has 0 aliphatic rings. The van der Waals surface area contributed by atoms with E-state index in [4.69, 9.17) is 11.5 Å². The Labute approximate surface area is 64.2 Å². The Morgan fingerprint density at radius 3 is 2.82 bits per heavy atom. The van der Waals surface area contributed by atoms with Gasteiger partial charge in [0.15, 0.2) is 0 Å². The SMILES string of the molecule is NC(N)Cc1ccc[nH]c1=O. The van der Waals surface area contributed by atoms with Crippen molar-refractivity contribution in [3.8, 4) is 0 Å². The molecule has 60 valence electrons. The standard InChI is InChI=1S/C7H11N3O/c8-6(9)4-5-2-1-3-10-7(5)11/h1-3,6H,4,8-9H2,(H,10,11). The minimum Gasteiger partial charge on any atom is -0.329 e. The second kappa shape index (κ2) is 3.32. The van der Waals surface area contributed by atoms with Gasteiger partial charge in [-0.2, -0.15) is 0 Å². The molecule has 0 spiro atoms. The van der Waals surface area contributed by atoms with Gasteiger partial charge in [-0.05, 0) is 6.07 Å². The van der Waals surface area contributed by atoms with Crippen LogP contribution in [0.4, 0.5) is 0 Å². The van der Waals surface area contributed by atoms with E-state index in [0.29, 0.717) is 12.0 Å². The van der Waals surface area contributed by atoms with Crippen LogP contribution in [0.5, 0.6) is 0 Å². The van der Waals surface area contributed by atoms with Gasteiger partial charge in [0.2, 0.25) is 0 Å². The molecule has 5 N–H and O–H groups in total. The molecule has 1 rings (SSSR count). The summed E-state index contributed by atoms with van der Waals surface area (Å²) in [5, 5.41) is 0. The Kier molecular flexibility index (Phi) is 2.40. The van der Waals surface area contributed by atoms with Crippen LogP contribution in [0.25, 0.3) is 0 Å². The van der Waals surface area contributed by atoms with Crippen LogP contribution in [0.15, 0.2) is 23.1 Å². The summed E-state index contributed by atoms with van der Waals surface area (Å²) in [7, 11) is 0. The van der Waals surface area contributed by atoms with E-state index in [2.05, 4.69) is 4.98 Å². The molecule has 0 saturated heterocycles. The molecule has 1 aromatic heterocycles. The largest absolute Gasteiger partial charge is 0.329 e. The third-order valence-corrected chi connectivity index (χ3v) is 1.36. The highest BCUT2D eigenvalue weighted by molar-refractivity contribution is 5.09. The summed E-state index contributed by atoms with van der Waals surface area (Å²) < 4.78 is 0. The van der Waals surface area contributed by atoms with Crippen molar-refractivity contribution in [2.45, 2.75) is 12.6 Å². The lowest BCUT2D eigenvalue weighted by atomic mass is 10.2. The van der Waals surface area contributed by atoms with Crippen LogP contribution in [0, 0.1) is 0 Å². The van der Waals surface area contributed by atoms with Crippen molar-refractivity contribution in [1.82, 2.24) is 4.98 Å².